The summed E-state index contributed by atoms with van der Waals surface area (Å²) < 4.78 is 0. The molecule has 0 spiro atoms. The fourth-order valence-corrected chi connectivity index (χ4v) is 1.82. The summed E-state index contributed by atoms with van der Waals surface area (Å²) in [6.45, 7) is 0.499. The van der Waals surface area contributed by atoms with E-state index in [2.05, 4.69) is 18.2 Å². The van der Waals surface area contributed by atoms with Gasteiger partial charge in [0.15, 0.2) is 6.29 Å². The average molecular weight is 241 g/mol. The van der Waals surface area contributed by atoms with Crippen LogP contribution >= 0.6 is 0 Å². The monoisotopic (exact) mass is 241 g/mol. The molecule has 2 aromatic rings. The van der Waals surface area contributed by atoms with Crippen molar-refractivity contribution >= 4 is 17.1 Å². The van der Waals surface area contributed by atoms with Gasteiger partial charge in [-0.25, -0.2) is 5.84 Å². The Hall–Kier alpha value is -2.33. The van der Waals surface area contributed by atoms with Gasteiger partial charge in [-0.3, -0.25) is 4.79 Å². The number of allylic oxidation sites excluding steroid dienone is 1. The number of nitrogens with two attached hydrogens (primary N) is 2. The summed E-state index contributed by atoms with van der Waals surface area (Å²) >= 11 is 0. The molecule has 4 N–H and O–H groups in total. The van der Waals surface area contributed by atoms with E-state index in [0.29, 0.717) is 12.8 Å². The predicted octanol–water partition coefficient (Wildman–Crippen LogP) is 1.51. The molecule has 2 rings (SSSR count). The van der Waals surface area contributed by atoms with E-state index in [1.165, 1.54) is 16.6 Å². The van der Waals surface area contributed by atoms with Gasteiger partial charge in [0.2, 0.25) is 0 Å². The van der Waals surface area contributed by atoms with Gasteiger partial charge in [-0.15, -0.1) is 0 Å². The molecular formula is C14H15N3O. The summed E-state index contributed by atoms with van der Waals surface area (Å²) in [5.74, 6) is 5.74. The Morgan fingerprint density at radius 3 is 2.61 bits per heavy atom. The van der Waals surface area contributed by atoms with Gasteiger partial charge in [0.05, 0.1) is 12.2 Å². The van der Waals surface area contributed by atoms with Gasteiger partial charge < -0.3 is 10.7 Å². The fourth-order valence-electron chi connectivity index (χ4n) is 1.82. The van der Waals surface area contributed by atoms with Crippen LogP contribution in [0.4, 0.5) is 0 Å². The largest absolute Gasteiger partial charge is 0.395 e. The molecule has 0 amide bonds. The van der Waals surface area contributed by atoms with Gasteiger partial charge in [-0.1, -0.05) is 36.4 Å². The van der Waals surface area contributed by atoms with Crippen LogP contribution in [0.25, 0.3) is 10.8 Å². The van der Waals surface area contributed by atoms with Crippen LogP contribution in [0.2, 0.25) is 0 Å². The molecule has 4 nitrogen and oxygen atoms in total. The summed E-state index contributed by atoms with van der Waals surface area (Å²) in [5, 5.41) is 3.75. The highest BCUT2D eigenvalue weighted by Crippen LogP contribution is 2.16. The minimum Gasteiger partial charge on any atom is -0.395 e. The molecule has 0 saturated heterocycles. The molecule has 0 aliphatic carbocycles. The van der Waals surface area contributed by atoms with E-state index < -0.39 is 0 Å². The molecule has 2 aromatic carbocycles. The maximum absolute atomic E-state index is 10.4. The first-order chi connectivity index (χ1) is 8.69. The lowest BCUT2D eigenvalue weighted by molar-refractivity contribution is -0.105. The van der Waals surface area contributed by atoms with Crippen molar-refractivity contribution in [2.24, 2.45) is 11.6 Å². The lowest BCUT2D eigenvalue weighted by Crippen LogP contribution is -2.26. The Bertz CT molecular complexity index is 592. The van der Waals surface area contributed by atoms with Crippen molar-refractivity contribution in [3.05, 3.63) is 59.9 Å². The Balaban J connectivity index is 2.19. The van der Waals surface area contributed by atoms with Crippen LogP contribution in [-0.2, 0) is 11.3 Å². The maximum Gasteiger partial charge on any atom is 0.167 e. The van der Waals surface area contributed by atoms with Crippen molar-refractivity contribution in [1.82, 2.24) is 5.01 Å². The third-order valence-electron chi connectivity index (χ3n) is 2.63. The molecule has 0 saturated carbocycles. The van der Waals surface area contributed by atoms with E-state index in [-0.39, 0.29) is 5.70 Å². The number of carbonyl (C=O) groups is 1. The highest BCUT2D eigenvalue weighted by Gasteiger charge is 1.99. The molecule has 18 heavy (non-hydrogen) atoms. The number of carbonyl (C=O) groups excluding carboxylic acids is 1. The van der Waals surface area contributed by atoms with Crippen molar-refractivity contribution in [2.45, 2.75) is 6.54 Å². The number of rotatable bonds is 4. The maximum atomic E-state index is 10.4. The number of hydrogen-bond donors (Lipinski definition) is 2. The van der Waals surface area contributed by atoms with E-state index in [4.69, 9.17) is 11.6 Å². The topological polar surface area (TPSA) is 72.4 Å². The van der Waals surface area contributed by atoms with Gasteiger partial charge in [0.25, 0.3) is 0 Å². The second-order valence-electron chi connectivity index (χ2n) is 4.10. The van der Waals surface area contributed by atoms with E-state index in [0.717, 1.165) is 10.9 Å². The molecular weight excluding hydrogens is 226 g/mol. The zero-order valence-electron chi connectivity index (χ0n) is 9.91. The number of aldehydes is 1. The first-order valence-electron chi connectivity index (χ1n) is 5.60. The van der Waals surface area contributed by atoms with Crippen molar-refractivity contribution in [3.63, 3.8) is 0 Å². The van der Waals surface area contributed by atoms with Crippen molar-refractivity contribution in [1.29, 1.82) is 0 Å². The zero-order valence-corrected chi connectivity index (χ0v) is 9.91. The number of benzene rings is 2. The van der Waals surface area contributed by atoms with E-state index in [1.54, 1.807) is 0 Å². The quantitative estimate of drug-likeness (QED) is 0.368. The number of hydrogen-bond acceptors (Lipinski definition) is 4. The summed E-state index contributed by atoms with van der Waals surface area (Å²) in [6.07, 6.45) is 1.99. The lowest BCUT2D eigenvalue weighted by atomic mass is 10.1. The van der Waals surface area contributed by atoms with Crippen molar-refractivity contribution < 1.29 is 4.79 Å². The van der Waals surface area contributed by atoms with Crippen LogP contribution in [-0.4, -0.2) is 11.3 Å². The lowest BCUT2D eigenvalue weighted by Gasteiger charge is -2.14. The van der Waals surface area contributed by atoms with E-state index in [9.17, 15) is 4.79 Å². The van der Waals surface area contributed by atoms with E-state index in [1.807, 2.05) is 24.3 Å². The molecule has 0 aliphatic rings. The summed E-state index contributed by atoms with van der Waals surface area (Å²) in [7, 11) is 0. The molecule has 0 fully saturated rings. The molecule has 0 atom stereocenters. The summed E-state index contributed by atoms with van der Waals surface area (Å²) in [4.78, 5) is 10.4. The van der Waals surface area contributed by atoms with Crippen LogP contribution in [0, 0.1) is 0 Å². The van der Waals surface area contributed by atoms with E-state index >= 15 is 0 Å². The van der Waals surface area contributed by atoms with Gasteiger partial charge >= 0.3 is 0 Å². The highest BCUT2D eigenvalue weighted by atomic mass is 16.1. The minimum atomic E-state index is 0.110. The molecule has 0 aromatic heterocycles. The van der Waals surface area contributed by atoms with Crippen molar-refractivity contribution in [3.8, 4) is 0 Å². The highest BCUT2D eigenvalue weighted by molar-refractivity contribution is 5.82. The molecule has 92 valence electrons. The van der Waals surface area contributed by atoms with Gasteiger partial charge in [0, 0.05) is 6.20 Å². The molecule has 0 heterocycles. The zero-order chi connectivity index (χ0) is 13.0. The predicted molar refractivity (Wildman–Crippen MR) is 72.0 cm³/mol. The first kappa shape index (κ1) is 12.1. The second kappa shape index (κ2) is 5.33. The van der Waals surface area contributed by atoms with Crippen LogP contribution < -0.4 is 11.6 Å². The first-order valence-corrected chi connectivity index (χ1v) is 5.60. The Morgan fingerprint density at radius 1 is 1.17 bits per heavy atom. The summed E-state index contributed by atoms with van der Waals surface area (Å²) in [5.41, 5.74) is 6.56. The fraction of sp³-hybridized carbons (Fsp3) is 0.0714. The third kappa shape index (κ3) is 2.87. The smallest absolute Gasteiger partial charge is 0.167 e. The van der Waals surface area contributed by atoms with Crippen LogP contribution in [0.5, 0.6) is 0 Å². The van der Waals surface area contributed by atoms with Crippen LogP contribution in [0.3, 0.4) is 0 Å². The van der Waals surface area contributed by atoms with Gasteiger partial charge in [-0.05, 0) is 22.4 Å². The SMILES string of the molecule is N/C(C=O)=C\N(N)Cc1ccc2ccccc2c1. The second-order valence-corrected chi connectivity index (χ2v) is 4.10. The molecule has 0 bridgehead atoms. The molecule has 4 heteroatoms. The standard InChI is InChI=1S/C14H15N3O/c15-14(10-18)9-17(16)8-11-5-6-12-3-1-2-4-13(12)7-11/h1-7,9-10H,8,15-16H2/b14-9-. The van der Waals surface area contributed by atoms with Gasteiger partial charge in [0.1, 0.15) is 0 Å². The Kier molecular flexibility index (Phi) is 3.60. The van der Waals surface area contributed by atoms with Crippen LogP contribution in [0.15, 0.2) is 54.4 Å². The van der Waals surface area contributed by atoms with Gasteiger partial charge in [-0.2, -0.15) is 0 Å². The molecule has 0 unspecified atom stereocenters. The van der Waals surface area contributed by atoms with Crippen molar-refractivity contribution in [2.75, 3.05) is 0 Å². The summed E-state index contributed by atoms with van der Waals surface area (Å²) in [6, 6.07) is 14.2. The minimum absolute atomic E-state index is 0.110. The Labute approximate surface area is 105 Å². The number of hydrazine groups is 1. The number of nitrogens with zero attached hydrogens (tertiary/aromatic N) is 1. The normalized spacial score (nSPS) is 11.5. The van der Waals surface area contributed by atoms with Crippen LogP contribution in [0.1, 0.15) is 5.56 Å². The Morgan fingerprint density at radius 2 is 1.89 bits per heavy atom. The molecule has 0 aliphatic heterocycles. The number of fused-ring (bicyclic) bond motifs is 1. The third-order valence-corrected chi connectivity index (χ3v) is 2.63. The molecule has 0 radical (unpaired) electrons. The average Bonchev–Trinajstić information content (AvgIpc) is 2.38.